The Hall–Kier alpha value is -1.85. The second kappa shape index (κ2) is 5.16. The van der Waals surface area contributed by atoms with Crippen LogP contribution >= 0.6 is 22.9 Å². The van der Waals surface area contributed by atoms with Gasteiger partial charge in [-0.25, -0.2) is 4.98 Å². The Morgan fingerprint density at radius 2 is 2.19 bits per heavy atom. The maximum absolute atomic E-state index is 12.3. The number of hydrogen-bond acceptors (Lipinski definition) is 4. The van der Waals surface area contributed by atoms with Gasteiger partial charge in [0.2, 0.25) is 0 Å². The molecular formula is C15H13ClN2O2S. The highest BCUT2D eigenvalue weighted by Crippen LogP contribution is 2.31. The minimum Gasteiger partial charge on any atom is -0.506 e. The first-order valence-electron chi connectivity index (χ1n) is 6.52. The van der Waals surface area contributed by atoms with Gasteiger partial charge >= 0.3 is 0 Å². The minimum absolute atomic E-state index is 0.00378. The van der Waals surface area contributed by atoms with Crippen molar-refractivity contribution < 1.29 is 5.11 Å². The first-order valence-corrected chi connectivity index (χ1v) is 7.72. The summed E-state index contributed by atoms with van der Waals surface area (Å²) in [5.41, 5.74) is 1.58. The molecule has 0 atom stereocenters. The molecule has 3 rings (SSSR count). The Morgan fingerprint density at radius 1 is 1.43 bits per heavy atom. The molecule has 2 N–H and O–H groups in total. The lowest BCUT2D eigenvalue weighted by Crippen LogP contribution is -2.09. The van der Waals surface area contributed by atoms with E-state index in [-0.39, 0.29) is 16.3 Å². The summed E-state index contributed by atoms with van der Waals surface area (Å²) in [5, 5.41) is 10.4. The number of phenolic OH excluding ortho intramolecular Hbond substituents is 1. The Kier molecular flexibility index (Phi) is 3.47. The molecule has 2 heterocycles. The van der Waals surface area contributed by atoms with Crippen molar-refractivity contribution >= 4 is 33.2 Å². The molecule has 0 aliphatic carbocycles. The van der Waals surface area contributed by atoms with E-state index in [1.165, 1.54) is 17.4 Å². The van der Waals surface area contributed by atoms with Crippen molar-refractivity contribution in [3.63, 3.8) is 0 Å². The van der Waals surface area contributed by atoms with Crippen molar-refractivity contribution in [1.82, 2.24) is 9.97 Å². The van der Waals surface area contributed by atoms with Crippen LogP contribution in [0.15, 0.2) is 23.0 Å². The van der Waals surface area contributed by atoms with Crippen LogP contribution in [-0.2, 0) is 6.42 Å². The first kappa shape index (κ1) is 14.1. The first-order chi connectivity index (χ1) is 10.0. The molecule has 108 valence electrons. The summed E-state index contributed by atoms with van der Waals surface area (Å²) in [7, 11) is 0. The van der Waals surface area contributed by atoms with Gasteiger partial charge in [-0.1, -0.05) is 18.5 Å². The monoisotopic (exact) mass is 320 g/mol. The smallest absolute Gasteiger partial charge is 0.260 e. The highest BCUT2D eigenvalue weighted by atomic mass is 35.5. The Morgan fingerprint density at radius 3 is 2.86 bits per heavy atom. The van der Waals surface area contributed by atoms with Crippen molar-refractivity contribution in [2.75, 3.05) is 0 Å². The molecule has 0 saturated heterocycles. The zero-order valence-corrected chi connectivity index (χ0v) is 13.1. The molecule has 0 saturated carbocycles. The summed E-state index contributed by atoms with van der Waals surface area (Å²) < 4.78 is 0. The zero-order valence-electron chi connectivity index (χ0n) is 11.5. The van der Waals surface area contributed by atoms with Gasteiger partial charge in [-0.3, -0.25) is 4.79 Å². The molecule has 0 amide bonds. The summed E-state index contributed by atoms with van der Waals surface area (Å²) >= 11 is 7.43. The molecule has 2 aromatic heterocycles. The van der Waals surface area contributed by atoms with Gasteiger partial charge in [0.05, 0.1) is 10.4 Å². The number of halogens is 1. The molecule has 0 unspecified atom stereocenters. The van der Waals surface area contributed by atoms with Crippen LogP contribution in [0, 0.1) is 6.92 Å². The van der Waals surface area contributed by atoms with E-state index in [1.54, 1.807) is 12.1 Å². The molecule has 0 radical (unpaired) electrons. The largest absolute Gasteiger partial charge is 0.506 e. The van der Waals surface area contributed by atoms with E-state index in [2.05, 4.69) is 9.97 Å². The number of phenols is 1. The lowest BCUT2D eigenvalue weighted by molar-refractivity contribution is 0.475. The average Bonchev–Trinajstić information content (AvgIpc) is 2.77. The molecule has 4 nitrogen and oxygen atoms in total. The fraction of sp³-hybridized carbons (Fsp3) is 0.200. The van der Waals surface area contributed by atoms with Gasteiger partial charge in [0, 0.05) is 10.4 Å². The minimum atomic E-state index is -0.139. The normalized spacial score (nSPS) is 11.2. The third kappa shape index (κ3) is 2.32. The summed E-state index contributed by atoms with van der Waals surface area (Å²) in [6, 6.07) is 4.74. The number of benzene rings is 1. The van der Waals surface area contributed by atoms with Crippen molar-refractivity contribution in [1.29, 1.82) is 0 Å². The van der Waals surface area contributed by atoms with Crippen molar-refractivity contribution in [2.45, 2.75) is 20.3 Å². The van der Waals surface area contributed by atoms with E-state index in [0.29, 0.717) is 16.8 Å². The zero-order chi connectivity index (χ0) is 15.1. The summed E-state index contributed by atoms with van der Waals surface area (Å²) in [6.45, 7) is 4.03. The van der Waals surface area contributed by atoms with E-state index < -0.39 is 0 Å². The molecule has 0 fully saturated rings. The fourth-order valence-corrected chi connectivity index (χ4v) is 3.69. The molecule has 3 aromatic rings. The van der Waals surface area contributed by atoms with Crippen LogP contribution in [0.1, 0.15) is 17.4 Å². The van der Waals surface area contributed by atoms with Crippen molar-refractivity contribution in [3.05, 3.63) is 44.0 Å². The highest BCUT2D eigenvalue weighted by Gasteiger charge is 2.14. The van der Waals surface area contributed by atoms with Crippen molar-refractivity contribution in [2.24, 2.45) is 0 Å². The van der Waals surface area contributed by atoms with Crippen LogP contribution in [0.5, 0.6) is 5.75 Å². The topological polar surface area (TPSA) is 66.0 Å². The Balaban J connectivity index is 2.26. The number of nitrogens with one attached hydrogen (secondary N) is 1. The van der Waals surface area contributed by atoms with Crippen LogP contribution in [-0.4, -0.2) is 15.1 Å². The number of aromatic amines is 1. The number of nitrogens with zero attached hydrogens (tertiary/aromatic N) is 1. The molecular weight excluding hydrogens is 308 g/mol. The van der Waals surface area contributed by atoms with E-state index >= 15 is 0 Å². The van der Waals surface area contributed by atoms with E-state index in [4.69, 9.17) is 11.6 Å². The predicted octanol–water partition coefficient (Wildman–Crippen LogP) is 3.88. The third-order valence-corrected chi connectivity index (χ3v) is 4.78. The number of aromatic nitrogens is 2. The van der Waals surface area contributed by atoms with Crippen LogP contribution < -0.4 is 5.56 Å². The van der Waals surface area contributed by atoms with Crippen LogP contribution in [0.2, 0.25) is 5.02 Å². The predicted molar refractivity (Wildman–Crippen MR) is 86.5 cm³/mol. The van der Waals surface area contributed by atoms with Gasteiger partial charge in [-0.05, 0) is 37.1 Å². The second-order valence-electron chi connectivity index (χ2n) is 4.75. The average molecular weight is 321 g/mol. The Bertz CT molecular complexity index is 899. The van der Waals surface area contributed by atoms with Gasteiger partial charge in [-0.15, -0.1) is 11.3 Å². The number of fused-ring (bicyclic) bond motifs is 1. The number of rotatable bonds is 2. The van der Waals surface area contributed by atoms with Crippen molar-refractivity contribution in [3.8, 4) is 17.1 Å². The van der Waals surface area contributed by atoms with Crippen LogP contribution in [0.25, 0.3) is 21.6 Å². The summed E-state index contributed by atoms with van der Waals surface area (Å²) in [5.74, 6) is 0.461. The lowest BCUT2D eigenvalue weighted by Gasteiger charge is -2.03. The van der Waals surface area contributed by atoms with Gasteiger partial charge in [0.1, 0.15) is 16.4 Å². The quantitative estimate of drug-likeness (QED) is 0.753. The summed E-state index contributed by atoms with van der Waals surface area (Å²) in [6.07, 6.45) is 0.807. The maximum atomic E-state index is 12.3. The second-order valence-corrected chi connectivity index (χ2v) is 6.36. The number of aryl methyl sites for hydroxylation is 2. The third-order valence-electron chi connectivity index (χ3n) is 3.44. The number of thiophene rings is 1. The molecule has 1 aromatic carbocycles. The standard InChI is InChI=1S/C15H13ClN2O2S/c1-3-9-7(2)21-15-12(9)14(20)17-13(18-15)8-4-5-11(19)10(16)6-8/h4-6,19H,3H2,1-2H3,(H,17,18,20). The molecule has 0 aliphatic rings. The van der Waals surface area contributed by atoms with Gasteiger partial charge in [0.25, 0.3) is 5.56 Å². The maximum Gasteiger partial charge on any atom is 0.260 e. The van der Waals surface area contributed by atoms with Gasteiger partial charge < -0.3 is 10.1 Å². The van der Waals surface area contributed by atoms with E-state index in [0.717, 1.165) is 21.7 Å². The lowest BCUT2D eigenvalue weighted by atomic mass is 10.1. The van der Waals surface area contributed by atoms with Crippen LogP contribution in [0.4, 0.5) is 0 Å². The van der Waals surface area contributed by atoms with Crippen LogP contribution in [0.3, 0.4) is 0 Å². The molecule has 0 aliphatic heterocycles. The summed E-state index contributed by atoms with van der Waals surface area (Å²) in [4.78, 5) is 21.5. The SMILES string of the molecule is CCc1c(C)sc2nc(-c3ccc(O)c(Cl)c3)[nH]c(=O)c12. The highest BCUT2D eigenvalue weighted by molar-refractivity contribution is 7.18. The molecule has 0 spiro atoms. The number of aromatic hydroxyl groups is 1. The molecule has 6 heteroatoms. The molecule has 21 heavy (non-hydrogen) atoms. The van der Waals surface area contributed by atoms with Gasteiger partial charge in [-0.2, -0.15) is 0 Å². The van der Waals surface area contributed by atoms with E-state index in [9.17, 15) is 9.90 Å². The number of H-pyrrole nitrogens is 1. The Labute approximate surface area is 130 Å². The number of hydrogen-bond donors (Lipinski definition) is 2. The fourth-order valence-electron chi connectivity index (χ4n) is 2.39. The van der Waals surface area contributed by atoms with E-state index in [1.807, 2.05) is 13.8 Å². The van der Waals surface area contributed by atoms with Gasteiger partial charge in [0.15, 0.2) is 0 Å². The molecule has 0 bridgehead atoms.